The Hall–Kier alpha value is -3.47. The predicted octanol–water partition coefficient (Wildman–Crippen LogP) is 1.53. The first-order valence-corrected chi connectivity index (χ1v) is 11.7. The number of hydrogen-bond acceptors (Lipinski definition) is 8. The zero-order valence-corrected chi connectivity index (χ0v) is 20.1. The van der Waals surface area contributed by atoms with E-state index in [0.29, 0.717) is 38.3 Å². The molecule has 1 aromatic carbocycles. The molecule has 5 amide bonds. The number of amides is 5. The van der Waals surface area contributed by atoms with Crippen molar-refractivity contribution in [1.82, 2.24) is 15.1 Å². The summed E-state index contributed by atoms with van der Waals surface area (Å²) in [6.07, 6.45) is 0.139. The van der Waals surface area contributed by atoms with Crippen molar-refractivity contribution in [3.63, 3.8) is 0 Å². The second kappa shape index (κ2) is 9.65. The molecule has 1 unspecified atom stereocenters. The summed E-state index contributed by atoms with van der Waals surface area (Å²) in [4.78, 5) is 64.8. The van der Waals surface area contributed by atoms with Gasteiger partial charge in [-0.1, -0.05) is 6.07 Å². The molecule has 0 aromatic heterocycles. The van der Waals surface area contributed by atoms with E-state index in [4.69, 9.17) is 9.47 Å². The van der Waals surface area contributed by atoms with Gasteiger partial charge in [0.25, 0.3) is 11.8 Å². The number of anilines is 1. The van der Waals surface area contributed by atoms with Crippen LogP contribution in [0.25, 0.3) is 0 Å². The second-order valence-electron chi connectivity index (χ2n) is 9.81. The van der Waals surface area contributed by atoms with Crippen LogP contribution in [0.1, 0.15) is 60.7 Å². The number of morpholine rings is 1. The fourth-order valence-electron chi connectivity index (χ4n) is 4.42. The summed E-state index contributed by atoms with van der Waals surface area (Å²) >= 11 is 0. The number of nitrogens with zero attached hydrogens (tertiary/aromatic N) is 2. The second-order valence-corrected chi connectivity index (χ2v) is 9.81. The van der Waals surface area contributed by atoms with Crippen molar-refractivity contribution in [2.75, 3.05) is 31.6 Å². The van der Waals surface area contributed by atoms with Crippen LogP contribution >= 0.6 is 0 Å². The topological polar surface area (TPSA) is 134 Å². The van der Waals surface area contributed by atoms with Crippen LogP contribution in [0.4, 0.5) is 10.5 Å². The maximum atomic E-state index is 13.2. The number of nitrogens with one attached hydrogen (secondary N) is 2. The molecule has 188 valence electrons. The predicted molar refractivity (Wildman–Crippen MR) is 124 cm³/mol. The first kappa shape index (κ1) is 24.6. The number of imide groups is 2. The van der Waals surface area contributed by atoms with Crippen LogP contribution in [0, 0.1) is 0 Å². The first-order valence-electron chi connectivity index (χ1n) is 11.7. The van der Waals surface area contributed by atoms with Gasteiger partial charge in [0, 0.05) is 25.2 Å². The molecule has 2 atom stereocenters. The average Bonchev–Trinajstić information content (AvgIpc) is 3.04. The van der Waals surface area contributed by atoms with Gasteiger partial charge in [0.2, 0.25) is 11.8 Å². The Balaban J connectivity index is 1.38. The van der Waals surface area contributed by atoms with Crippen LogP contribution in [0.5, 0.6) is 0 Å². The number of ether oxygens (including phenoxy) is 2. The third kappa shape index (κ3) is 5.29. The van der Waals surface area contributed by atoms with E-state index in [1.807, 2.05) is 20.8 Å². The quantitative estimate of drug-likeness (QED) is 0.599. The highest BCUT2D eigenvalue weighted by molar-refractivity contribution is 6.25. The molecule has 0 radical (unpaired) electrons. The Bertz CT molecular complexity index is 1060. The lowest BCUT2D eigenvalue weighted by Gasteiger charge is -2.34. The van der Waals surface area contributed by atoms with Crippen LogP contribution in [0.3, 0.4) is 0 Å². The van der Waals surface area contributed by atoms with E-state index in [9.17, 15) is 24.0 Å². The van der Waals surface area contributed by atoms with Gasteiger partial charge in [0.1, 0.15) is 11.6 Å². The van der Waals surface area contributed by atoms with E-state index in [1.165, 1.54) is 0 Å². The van der Waals surface area contributed by atoms with Gasteiger partial charge < -0.3 is 19.7 Å². The lowest BCUT2D eigenvalue weighted by Crippen LogP contribution is -2.54. The maximum absolute atomic E-state index is 13.2. The minimum Gasteiger partial charge on any atom is -0.444 e. The SMILES string of the molecule is CC(C)(C)OC(=O)N1CCO[C@@H](CCNc2cccc3c2C(=O)N(C2CCC(=O)NC2=O)C3=O)C1. The van der Waals surface area contributed by atoms with Gasteiger partial charge in [-0.05, 0) is 45.7 Å². The van der Waals surface area contributed by atoms with Crippen molar-refractivity contribution < 1.29 is 33.4 Å². The first-order chi connectivity index (χ1) is 16.5. The Morgan fingerprint density at radius 3 is 2.69 bits per heavy atom. The largest absolute Gasteiger partial charge is 0.444 e. The standard InChI is InChI=1S/C24H30N4O7/c1-24(2,3)35-23(33)27-11-12-34-14(13-27)9-10-25-16-6-4-5-15-19(16)22(32)28(21(15)31)17-7-8-18(29)26-20(17)30/h4-6,14,17,25H,7-13H2,1-3H3,(H,26,29,30)/t14-,17?/m0/s1. The van der Waals surface area contributed by atoms with Gasteiger partial charge in [0.05, 0.1) is 30.4 Å². The van der Waals surface area contributed by atoms with Gasteiger partial charge in [-0.15, -0.1) is 0 Å². The minimum atomic E-state index is -1.01. The van der Waals surface area contributed by atoms with E-state index in [1.54, 1.807) is 23.1 Å². The molecular weight excluding hydrogens is 456 g/mol. The number of piperidine rings is 1. The molecule has 2 N–H and O–H groups in total. The van der Waals surface area contributed by atoms with Gasteiger partial charge >= 0.3 is 6.09 Å². The van der Waals surface area contributed by atoms with E-state index in [0.717, 1.165) is 4.90 Å². The van der Waals surface area contributed by atoms with E-state index in [-0.39, 0.29) is 36.2 Å². The Kier molecular flexibility index (Phi) is 6.79. The molecule has 2 fully saturated rings. The van der Waals surface area contributed by atoms with Crippen LogP contribution in [-0.4, -0.2) is 83.5 Å². The van der Waals surface area contributed by atoms with Gasteiger partial charge in [-0.25, -0.2) is 4.79 Å². The van der Waals surface area contributed by atoms with E-state index >= 15 is 0 Å². The fourth-order valence-corrected chi connectivity index (χ4v) is 4.42. The summed E-state index contributed by atoms with van der Waals surface area (Å²) < 4.78 is 11.2. The van der Waals surface area contributed by atoms with Crippen molar-refractivity contribution >= 4 is 35.4 Å². The Morgan fingerprint density at radius 2 is 1.97 bits per heavy atom. The lowest BCUT2D eigenvalue weighted by molar-refractivity contribution is -0.136. The number of carbonyl (C=O) groups excluding carboxylic acids is 5. The minimum absolute atomic E-state index is 0.0661. The highest BCUT2D eigenvalue weighted by Crippen LogP contribution is 2.32. The number of carbonyl (C=O) groups is 5. The molecular formula is C24H30N4O7. The van der Waals surface area contributed by atoms with Crippen molar-refractivity contribution in [2.45, 2.75) is 57.8 Å². The number of hydrogen-bond donors (Lipinski definition) is 2. The van der Waals surface area contributed by atoms with Gasteiger partial charge in [-0.3, -0.25) is 29.4 Å². The maximum Gasteiger partial charge on any atom is 0.410 e. The molecule has 0 aliphatic carbocycles. The number of benzene rings is 1. The molecule has 3 aliphatic heterocycles. The molecule has 2 saturated heterocycles. The summed E-state index contributed by atoms with van der Waals surface area (Å²) in [5.74, 6) is -2.17. The molecule has 4 rings (SSSR count). The summed E-state index contributed by atoms with van der Waals surface area (Å²) in [6, 6.07) is 3.91. The van der Waals surface area contributed by atoms with Crippen LogP contribution in [0.15, 0.2) is 18.2 Å². The fraction of sp³-hybridized carbons (Fsp3) is 0.542. The highest BCUT2D eigenvalue weighted by atomic mass is 16.6. The van der Waals surface area contributed by atoms with E-state index < -0.39 is 35.3 Å². The molecule has 35 heavy (non-hydrogen) atoms. The third-order valence-corrected chi connectivity index (χ3v) is 6.04. The van der Waals surface area contributed by atoms with Crippen molar-refractivity contribution in [2.24, 2.45) is 0 Å². The Labute approximate surface area is 203 Å². The summed E-state index contributed by atoms with van der Waals surface area (Å²) in [6.45, 7) is 7.14. The lowest BCUT2D eigenvalue weighted by atomic mass is 10.0. The molecule has 3 heterocycles. The van der Waals surface area contributed by atoms with Gasteiger partial charge in [0.15, 0.2) is 0 Å². The molecule has 0 bridgehead atoms. The monoisotopic (exact) mass is 486 g/mol. The zero-order valence-electron chi connectivity index (χ0n) is 20.1. The molecule has 0 saturated carbocycles. The molecule has 1 aromatic rings. The molecule has 3 aliphatic rings. The summed E-state index contributed by atoms with van der Waals surface area (Å²) in [5.41, 5.74) is 0.332. The van der Waals surface area contributed by atoms with Crippen LogP contribution in [-0.2, 0) is 19.1 Å². The number of fused-ring (bicyclic) bond motifs is 1. The molecule has 11 heteroatoms. The smallest absolute Gasteiger partial charge is 0.410 e. The summed E-state index contributed by atoms with van der Waals surface area (Å²) in [5, 5.41) is 5.39. The van der Waals surface area contributed by atoms with Crippen LogP contribution in [0.2, 0.25) is 0 Å². The van der Waals surface area contributed by atoms with Crippen molar-refractivity contribution in [3.8, 4) is 0 Å². The highest BCUT2D eigenvalue weighted by Gasteiger charge is 2.45. The average molecular weight is 487 g/mol. The third-order valence-electron chi connectivity index (χ3n) is 6.04. The number of rotatable bonds is 5. The van der Waals surface area contributed by atoms with Gasteiger partial charge in [-0.2, -0.15) is 0 Å². The molecule has 0 spiro atoms. The van der Waals surface area contributed by atoms with E-state index in [2.05, 4.69) is 10.6 Å². The molecule has 11 nitrogen and oxygen atoms in total. The van der Waals surface area contributed by atoms with Crippen LogP contribution < -0.4 is 10.6 Å². The van der Waals surface area contributed by atoms with Crippen molar-refractivity contribution in [1.29, 1.82) is 0 Å². The van der Waals surface area contributed by atoms with Crippen molar-refractivity contribution in [3.05, 3.63) is 29.3 Å². The summed E-state index contributed by atoms with van der Waals surface area (Å²) in [7, 11) is 0. The zero-order chi connectivity index (χ0) is 25.3. The Morgan fingerprint density at radius 1 is 1.20 bits per heavy atom. The normalized spacial score (nSPS) is 22.7.